The number of piperidine rings is 1. The van der Waals surface area contributed by atoms with Gasteiger partial charge in [-0.3, -0.25) is 14.4 Å². The van der Waals surface area contributed by atoms with E-state index in [0.29, 0.717) is 32.4 Å². The third kappa shape index (κ3) is 4.59. The molecule has 8 heteroatoms. The standard InChI is InChI=1S/C27H32N4O3S/c1-27(2)14-19-24(21(32)15-27)25(22-8-5-13-35-22)31(20-7-4-3-6-18(20)29-19)16-23(33)30-11-9-17(10-12-30)26(28)34/h3-8,13,17,25,29H,9-12,14-16H2,1-2H3,(H2,28,34). The molecule has 0 radical (unpaired) electrons. The SMILES string of the molecule is CC1(C)CC(=O)C2=C(C1)Nc1ccccc1N(CC(=O)N1CCC(C(N)=O)CC1)C2c1cccs1. The van der Waals surface area contributed by atoms with Gasteiger partial charge in [0.15, 0.2) is 5.78 Å². The number of rotatable bonds is 4. The van der Waals surface area contributed by atoms with Crippen LogP contribution in [0.2, 0.25) is 0 Å². The van der Waals surface area contributed by atoms with Gasteiger partial charge in [0.25, 0.3) is 0 Å². The highest BCUT2D eigenvalue weighted by molar-refractivity contribution is 7.10. The number of anilines is 2. The Kier molecular flexibility index (Phi) is 6.17. The number of benzene rings is 1. The van der Waals surface area contributed by atoms with E-state index in [2.05, 4.69) is 30.1 Å². The first kappa shape index (κ1) is 23.6. The fourth-order valence-corrected chi connectivity index (χ4v) is 6.47. The van der Waals surface area contributed by atoms with Gasteiger partial charge < -0.3 is 20.9 Å². The number of carbonyl (C=O) groups excluding carboxylic acids is 3. The summed E-state index contributed by atoms with van der Waals surface area (Å²) >= 11 is 1.61. The van der Waals surface area contributed by atoms with Crippen LogP contribution in [0.3, 0.4) is 0 Å². The summed E-state index contributed by atoms with van der Waals surface area (Å²) in [6, 6.07) is 11.7. The van der Waals surface area contributed by atoms with Crippen molar-refractivity contribution in [2.24, 2.45) is 17.1 Å². The summed E-state index contributed by atoms with van der Waals surface area (Å²) < 4.78 is 0. The van der Waals surface area contributed by atoms with Crippen LogP contribution < -0.4 is 16.0 Å². The van der Waals surface area contributed by atoms with Crippen molar-refractivity contribution in [3.05, 3.63) is 57.9 Å². The number of para-hydroxylation sites is 2. The molecule has 2 aliphatic heterocycles. The Morgan fingerprint density at radius 2 is 1.86 bits per heavy atom. The third-order valence-electron chi connectivity index (χ3n) is 7.37. The monoisotopic (exact) mass is 492 g/mol. The lowest BCUT2D eigenvalue weighted by molar-refractivity contribution is -0.133. The maximum Gasteiger partial charge on any atom is 0.242 e. The van der Waals surface area contributed by atoms with Crippen molar-refractivity contribution in [2.45, 2.75) is 45.6 Å². The van der Waals surface area contributed by atoms with Crippen LogP contribution in [-0.2, 0) is 14.4 Å². The predicted molar refractivity (Wildman–Crippen MR) is 138 cm³/mol. The molecule has 3 aliphatic rings. The molecule has 0 bridgehead atoms. The molecule has 1 aromatic heterocycles. The second-order valence-electron chi connectivity index (χ2n) is 10.6. The van der Waals surface area contributed by atoms with Crippen molar-refractivity contribution < 1.29 is 14.4 Å². The van der Waals surface area contributed by atoms with E-state index in [0.717, 1.165) is 33.9 Å². The molecule has 1 aromatic carbocycles. The van der Waals surface area contributed by atoms with Gasteiger partial charge in [-0.2, -0.15) is 0 Å². The van der Waals surface area contributed by atoms with E-state index in [1.54, 1.807) is 11.3 Å². The zero-order valence-corrected chi connectivity index (χ0v) is 21.1. The van der Waals surface area contributed by atoms with Gasteiger partial charge in [-0.1, -0.05) is 32.0 Å². The molecule has 3 heterocycles. The van der Waals surface area contributed by atoms with Crippen LogP contribution >= 0.6 is 11.3 Å². The van der Waals surface area contributed by atoms with Crippen molar-refractivity contribution >= 4 is 40.3 Å². The van der Waals surface area contributed by atoms with Crippen molar-refractivity contribution in [3.63, 3.8) is 0 Å². The molecule has 0 spiro atoms. The summed E-state index contributed by atoms with van der Waals surface area (Å²) in [7, 11) is 0. The lowest BCUT2D eigenvalue weighted by Gasteiger charge is -2.38. The van der Waals surface area contributed by atoms with Crippen LogP contribution in [0, 0.1) is 11.3 Å². The number of nitrogens with zero attached hydrogens (tertiary/aromatic N) is 2. The van der Waals surface area contributed by atoms with Gasteiger partial charge in [0.1, 0.15) is 0 Å². The Bertz CT molecular complexity index is 1180. The van der Waals surface area contributed by atoms with Crippen molar-refractivity contribution in [3.8, 4) is 0 Å². The molecule has 1 aliphatic carbocycles. The number of nitrogens with two attached hydrogens (primary N) is 1. The molecule has 1 unspecified atom stereocenters. The maximum atomic E-state index is 13.6. The van der Waals surface area contributed by atoms with E-state index in [9.17, 15) is 14.4 Å². The van der Waals surface area contributed by atoms with Crippen molar-refractivity contribution in [2.75, 3.05) is 29.9 Å². The zero-order chi connectivity index (χ0) is 24.7. The Morgan fingerprint density at radius 1 is 1.11 bits per heavy atom. The average molecular weight is 493 g/mol. The second kappa shape index (κ2) is 9.15. The maximum absolute atomic E-state index is 13.6. The number of hydrogen-bond donors (Lipinski definition) is 2. The molecule has 3 N–H and O–H groups in total. The second-order valence-corrected chi connectivity index (χ2v) is 11.6. The first-order valence-corrected chi connectivity index (χ1v) is 13.1. The highest BCUT2D eigenvalue weighted by Gasteiger charge is 2.42. The Hall–Kier alpha value is -3.13. The van der Waals surface area contributed by atoms with Gasteiger partial charge in [0, 0.05) is 41.6 Å². The molecule has 5 rings (SSSR count). The summed E-state index contributed by atoms with van der Waals surface area (Å²) in [6.45, 7) is 5.44. The Balaban J connectivity index is 1.54. The van der Waals surface area contributed by atoms with Crippen LogP contribution in [0.25, 0.3) is 0 Å². The van der Waals surface area contributed by atoms with Gasteiger partial charge in [0.2, 0.25) is 11.8 Å². The van der Waals surface area contributed by atoms with Gasteiger partial charge in [-0.25, -0.2) is 0 Å². The normalized spacial score (nSPS) is 22.2. The number of Topliss-reactive ketones (excluding diaryl/α,β-unsaturated/α-hetero) is 1. The summed E-state index contributed by atoms with van der Waals surface area (Å²) in [4.78, 5) is 43.7. The van der Waals surface area contributed by atoms with Gasteiger partial charge in [0.05, 0.1) is 24.0 Å². The summed E-state index contributed by atoms with van der Waals surface area (Å²) in [6.07, 6.45) is 2.44. The van der Waals surface area contributed by atoms with E-state index >= 15 is 0 Å². The van der Waals surface area contributed by atoms with Crippen LogP contribution in [0.4, 0.5) is 11.4 Å². The number of thiophene rings is 1. The largest absolute Gasteiger partial charge is 0.369 e. The molecule has 184 valence electrons. The minimum absolute atomic E-state index is 0.00285. The number of nitrogens with one attached hydrogen (secondary N) is 1. The number of allylic oxidation sites excluding steroid dienone is 1. The van der Waals surface area contributed by atoms with Gasteiger partial charge in [-0.05, 0) is 48.3 Å². The van der Waals surface area contributed by atoms with E-state index in [1.807, 2.05) is 40.6 Å². The summed E-state index contributed by atoms with van der Waals surface area (Å²) in [5.41, 5.74) is 8.89. The number of ketones is 1. The molecular formula is C27H32N4O3S. The average Bonchev–Trinajstić information content (AvgIpc) is 3.30. The minimum Gasteiger partial charge on any atom is -0.369 e. The van der Waals surface area contributed by atoms with Crippen molar-refractivity contribution in [1.29, 1.82) is 0 Å². The minimum atomic E-state index is -0.336. The lowest BCUT2D eigenvalue weighted by Crippen LogP contribution is -2.47. The molecule has 7 nitrogen and oxygen atoms in total. The van der Waals surface area contributed by atoms with Crippen LogP contribution in [-0.4, -0.2) is 42.1 Å². The third-order valence-corrected chi connectivity index (χ3v) is 8.30. The molecule has 1 saturated heterocycles. The molecule has 1 atom stereocenters. The van der Waals surface area contributed by atoms with Crippen LogP contribution in [0.1, 0.15) is 50.4 Å². The number of primary amides is 1. The number of hydrogen-bond acceptors (Lipinski definition) is 6. The summed E-state index contributed by atoms with van der Waals surface area (Å²) in [5.74, 6) is -0.330. The highest BCUT2D eigenvalue weighted by atomic mass is 32.1. The fourth-order valence-electron chi connectivity index (χ4n) is 5.63. The quantitative estimate of drug-likeness (QED) is 0.670. The van der Waals surface area contributed by atoms with Crippen molar-refractivity contribution in [1.82, 2.24) is 4.90 Å². The zero-order valence-electron chi connectivity index (χ0n) is 20.3. The molecule has 1 fully saturated rings. The first-order valence-electron chi connectivity index (χ1n) is 12.2. The molecule has 0 saturated carbocycles. The molecule has 35 heavy (non-hydrogen) atoms. The number of fused-ring (bicyclic) bond motifs is 1. The molecule has 2 amide bonds. The Labute approximate surface area is 210 Å². The first-order chi connectivity index (χ1) is 16.7. The van der Waals surface area contributed by atoms with Gasteiger partial charge in [-0.15, -0.1) is 11.3 Å². The lowest BCUT2D eigenvalue weighted by atomic mass is 9.74. The van der Waals surface area contributed by atoms with Gasteiger partial charge >= 0.3 is 0 Å². The van der Waals surface area contributed by atoms with E-state index in [4.69, 9.17) is 5.73 Å². The highest BCUT2D eigenvalue weighted by Crippen LogP contribution is 2.48. The molecule has 2 aromatic rings. The molecular weight excluding hydrogens is 460 g/mol. The summed E-state index contributed by atoms with van der Waals surface area (Å²) in [5, 5.41) is 5.61. The number of amides is 2. The van der Waals surface area contributed by atoms with E-state index in [-0.39, 0.29) is 41.5 Å². The smallest absolute Gasteiger partial charge is 0.242 e. The number of likely N-dealkylation sites (tertiary alicyclic amines) is 1. The van der Waals surface area contributed by atoms with Crippen LogP contribution in [0.5, 0.6) is 0 Å². The Morgan fingerprint density at radius 3 is 2.54 bits per heavy atom. The van der Waals surface area contributed by atoms with E-state index in [1.165, 1.54) is 0 Å². The topological polar surface area (TPSA) is 95.7 Å². The number of carbonyl (C=O) groups is 3. The van der Waals surface area contributed by atoms with Crippen LogP contribution in [0.15, 0.2) is 53.0 Å². The predicted octanol–water partition coefficient (Wildman–Crippen LogP) is 4.09. The fraction of sp³-hybridized carbons (Fsp3) is 0.444. The van der Waals surface area contributed by atoms with E-state index < -0.39 is 0 Å².